The van der Waals surface area contributed by atoms with E-state index in [1.54, 1.807) is 0 Å². The molecule has 1 fully saturated rings. The lowest BCUT2D eigenvalue weighted by Crippen LogP contribution is -2.55. The summed E-state index contributed by atoms with van der Waals surface area (Å²) >= 11 is 0. The van der Waals surface area contributed by atoms with Gasteiger partial charge in [0, 0.05) is 24.1 Å². The molecule has 1 amide bonds. The zero-order chi connectivity index (χ0) is 13.2. The van der Waals surface area contributed by atoms with Crippen molar-refractivity contribution >= 4 is 5.91 Å². The number of carbonyl (C=O) groups excluding carboxylic acids is 1. The molecule has 96 valence electrons. The van der Waals surface area contributed by atoms with Crippen molar-refractivity contribution in [3.05, 3.63) is 71.8 Å². The van der Waals surface area contributed by atoms with Crippen molar-refractivity contribution in [2.75, 3.05) is 6.54 Å². The van der Waals surface area contributed by atoms with E-state index in [2.05, 4.69) is 31.2 Å². The Morgan fingerprint density at radius 3 is 2.16 bits per heavy atom. The molecule has 1 aliphatic heterocycles. The van der Waals surface area contributed by atoms with Gasteiger partial charge in [0.2, 0.25) is 0 Å². The normalized spacial score (nSPS) is 21.8. The smallest absolute Gasteiger partial charge is 0.254 e. The second kappa shape index (κ2) is 4.88. The van der Waals surface area contributed by atoms with Gasteiger partial charge in [0.25, 0.3) is 5.91 Å². The van der Waals surface area contributed by atoms with Crippen molar-refractivity contribution < 1.29 is 4.79 Å². The molecule has 2 atom stereocenters. The fourth-order valence-electron chi connectivity index (χ4n) is 2.71. The van der Waals surface area contributed by atoms with E-state index >= 15 is 0 Å². The van der Waals surface area contributed by atoms with Gasteiger partial charge < -0.3 is 4.90 Å². The molecule has 2 nitrogen and oxygen atoms in total. The van der Waals surface area contributed by atoms with E-state index in [9.17, 15) is 4.79 Å². The SMILES string of the molecule is C[C@@H]1[C@@H](c2ccccc2)CN1C(=O)c1ccccc1. The Hall–Kier alpha value is -2.09. The van der Waals surface area contributed by atoms with Gasteiger partial charge in [-0.3, -0.25) is 4.79 Å². The van der Waals surface area contributed by atoms with Crippen LogP contribution in [-0.4, -0.2) is 23.4 Å². The molecule has 2 aromatic carbocycles. The predicted octanol–water partition coefficient (Wildman–Crippen LogP) is 3.31. The van der Waals surface area contributed by atoms with E-state index in [0.717, 1.165) is 12.1 Å². The lowest BCUT2D eigenvalue weighted by atomic mass is 9.83. The first-order chi connectivity index (χ1) is 9.27. The largest absolute Gasteiger partial charge is 0.335 e. The van der Waals surface area contributed by atoms with Crippen LogP contribution in [0, 0.1) is 0 Å². The molecule has 1 heterocycles. The predicted molar refractivity (Wildman–Crippen MR) is 76.1 cm³/mol. The van der Waals surface area contributed by atoms with E-state index in [0.29, 0.717) is 5.92 Å². The minimum atomic E-state index is 0.139. The number of amides is 1. The number of benzene rings is 2. The van der Waals surface area contributed by atoms with Crippen LogP contribution in [0.1, 0.15) is 28.8 Å². The summed E-state index contributed by atoms with van der Waals surface area (Å²) in [7, 11) is 0. The lowest BCUT2D eigenvalue weighted by molar-refractivity contribution is 0.0408. The second-order valence-electron chi connectivity index (χ2n) is 5.08. The van der Waals surface area contributed by atoms with Crippen LogP contribution in [0.2, 0.25) is 0 Å². The van der Waals surface area contributed by atoms with Gasteiger partial charge in [-0.25, -0.2) is 0 Å². The quantitative estimate of drug-likeness (QED) is 0.802. The highest BCUT2D eigenvalue weighted by Gasteiger charge is 2.39. The zero-order valence-corrected chi connectivity index (χ0v) is 11.0. The van der Waals surface area contributed by atoms with E-state index in [1.165, 1.54) is 5.56 Å². The minimum absolute atomic E-state index is 0.139. The van der Waals surface area contributed by atoms with Crippen molar-refractivity contribution in [3.8, 4) is 0 Å². The number of hydrogen-bond acceptors (Lipinski definition) is 1. The van der Waals surface area contributed by atoms with E-state index in [-0.39, 0.29) is 11.9 Å². The Labute approximate surface area is 113 Å². The molecule has 3 rings (SSSR count). The third kappa shape index (κ3) is 2.14. The molecule has 2 aromatic rings. The number of nitrogens with zero attached hydrogens (tertiary/aromatic N) is 1. The highest BCUT2D eigenvalue weighted by Crippen LogP contribution is 2.34. The monoisotopic (exact) mass is 251 g/mol. The van der Waals surface area contributed by atoms with Crippen molar-refractivity contribution in [1.29, 1.82) is 0 Å². The Kier molecular flexibility index (Phi) is 3.08. The van der Waals surface area contributed by atoms with Crippen molar-refractivity contribution in [1.82, 2.24) is 4.90 Å². The van der Waals surface area contributed by atoms with Crippen LogP contribution in [0.4, 0.5) is 0 Å². The van der Waals surface area contributed by atoms with Gasteiger partial charge in [-0.1, -0.05) is 48.5 Å². The molecule has 0 N–H and O–H groups in total. The summed E-state index contributed by atoms with van der Waals surface area (Å²) in [6.45, 7) is 2.95. The summed E-state index contributed by atoms with van der Waals surface area (Å²) < 4.78 is 0. The fourth-order valence-corrected chi connectivity index (χ4v) is 2.71. The summed E-state index contributed by atoms with van der Waals surface area (Å²) in [6, 6.07) is 20.2. The average molecular weight is 251 g/mol. The van der Waals surface area contributed by atoms with Crippen LogP contribution in [0.5, 0.6) is 0 Å². The van der Waals surface area contributed by atoms with Crippen LogP contribution >= 0.6 is 0 Å². The Balaban J connectivity index is 1.72. The molecule has 0 aromatic heterocycles. The van der Waals surface area contributed by atoms with Crippen LogP contribution in [-0.2, 0) is 0 Å². The molecule has 0 radical (unpaired) electrons. The van der Waals surface area contributed by atoms with Crippen molar-refractivity contribution in [2.45, 2.75) is 18.9 Å². The molecule has 0 unspecified atom stereocenters. The maximum Gasteiger partial charge on any atom is 0.254 e. The van der Waals surface area contributed by atoms with Crippen LogP contribution in [0.25, 0.3) is 0 Å². The molecule has 19 heavy (non-hydrogen) atoms. The summed E-state index contributed by atoms with van der Waals surface area (Å²) in [5.74, 6) is 0.606. The maximum absolute atomic E-state index is 12.3. The number of rotatable bonds is 2. The third-order valence-corrected chi connectivity index (χ3v) is 3.98. The molecule has 1 saturated heterocycles. The van der Waals surface area contributed by atoms with Gasteiger partial charge >= 0.3 is 0 Å². The number of hydrogen-bond donors (Lipinski definition) is 0. The third-order valence-electron chi connectivity index (χ3n) is 3.98. The fraction of sp³-hybridized carbons (Fsp3) is 0.235. The maximum atomic E-state index is 12.3. The van der Waals surface area contributed by atoms with Gasteiger partial charge in [-0.05, 0) is 24.6 Å². The number of carbonyl (C=O) groups is 1. The second-order valence-corrected chi connectivity index (χ2v) is 5.08. The summed E-state index contributed by atoms with van der Waals surface area (Å²) in [5.41, 5.74) is 2.10. The summed E-state index contributed by atoms with van der Waals surface area (Å²) in [6.07, 6.45) is 0. The average Bonchev–Trinajstić information content (AvgIpc) is 2.47. The minimum Gasteiger partial charge on any atom is -0.335 e. The summed E-state index contributed by atoms with van der Waals surface area (Å²) in [4.78, 5) is 14.3. The van der Waals surface area contributed by atoms with E-state index in [4.69, 9.17) is 0 Å². The van der Waals surface area contributed by atoms with Crippen LogP contribution < -0.4 is 0 Å². The van der Waals surface area contributed by atoms with E-state index in [1.807, 2.05) is 41.3 Å². The van der Waals surface area contributed by atoms with Crippen molar-refractivity contribution in [3.63, 3.8) is 0 Å². The zero-order valence-electron chi connectivity index (χ0n) is 11.0. The first-order valence-electron chi connectivity index (χ1n) is 6.68. The molecular weight excluding hydrogens is 234 g/mol. The highest BCUT2D eigenvalue weighted by molar-refractivity contribution is 5.95. The molecule has 1 aliphatic rings. The van der Waals surface area contributed by atoms with Gasteiger partial charge in [0.15, 0.2) is 0 Å². The van der Waals surface area contributed by atoms with Crippen LogP contribution in [0.15, 0.2) is 60.7 Å². The Bertz CT molecular complexity index is 564. The Morgan fingerprint density at radius 1 is 1.00 bits per heavy atom. The Morgan fingerprint density at radius 2 is 1.58 bits per heavy atom. The van der Waals surface area contributed by atoms with Crippen LogP contribution in [0.3, 0.4) is 0 Å². The molecule has 2 heteroatoms. The highest BCUT2D eigenvalue weighted by atomic mass is 16.2. The first kappa shape index (κ1) is 12.0. The first-order valence-corrected chi connectivity index (χ1v) is 6.68. The topological polar surface area (TPSA) is 20.3 Å². The van der Waals surface area contributed by atoms with E-state index < -0.39 is 0 Å². The molecular formula is C17H17NO. The van der Waals surface area contributed by atoms with Gasteiger partial charge in [0.1, 0.15) is 0 Å². The summed E-state index contributed by atoms with van der Waals surface area (Å²) in [5, 5.41) is 0. The van der Waals surface area contributed by atoms with Gasteiger partial charge in [-0.15, -0.1) is 0 Å². The van der Waals surface area contributed by atoms with Gasteiger partial charge in [-0.2, -0.15) is 0 Å². The van der Waals surface area contributed by atoms with Gasteiger partial charge in [0.05, 0.1) is 0 Å². The van der Waals surface area contributed by atoms with Crippen molar-refractivity contribution in [2.24, 2.45) is 0 Å². The molecule has 0 aliphatic carbocycles. The molecule has 0 saturated carbocycles. The standard InChI is InChI=1S/C17H17NO/c1-13-16(14-8-4-2-5-9-14)12-18(13)17(19)15-10-6-3-7-11-15/h2-11,13,16H,12H2,1H3/t13-,16+/m1/s1. The molecule has 0 bridgehead atoms. The lowest BCUT2D eigenvalue weighted by Gasteiger charge is -2.46. The number of likely N-dealkylation sites (tertiary alicyclic amines) is 1. The molecule has 0 spiro atoms.